The van der Waals surface area contributed by atoms with Crippen LogP contribution in [0.4, 0.5) is 0 Å². The summed E-state index contributed by atoms with van der Waals surface area (Å²) in [5.74, 6) is 0. The van der Waals surface area contributed by atoms with E-state index in [0.717, 1.165) is 35.7 Å². The number of hydrogen-bond donors (Lipinski definition) is 1. The topological polar surface area (TPSA) is 15.3 Å². The zero-order valence-corrected chi connectivity index (χ0v) is 12.9. The Morgan fingerprint density at radius 3 is 2.94 bits per heavy atom. The van der Waals surface area contributed by atoms with Crippen LogP contribution in [0.25, 0.3) is 0 Å². The van der Waals surface area contributed by atoms with E-state index in [1.165, 1.54) is 5.56 Å². The summed E-state index contributed by atoms with van der Waals surface area (Å²) < 4.78 is 0.981. The van der Waals surface area contributed by atoms with E-state index >= 15 is 0 Å². The van der Waals surface area contributed by atoms with Crippen molar-refractivity contribution in [2.45, 2.75) is 19.5 Å². The van der Waals surface area contributed by atoms with Gasteiger partial charge in [0.2, 0.25) is 0 Å². The molecule has 1 aliphatic heterocycles. The Bertz CT molecular complexity index is 374. The highest BCUT2D eigenvalue weighted by atomic mass is 79.9. The highest BCUT2D eigenvalue weighted by Crippen LogP contribution is 2.23. The average Bonchev–Trinajstić information content (AvgIpc) is 2.24. The highest BCUT2D eigenvalue weighted by molar-refractivity contribution is 9.10. The predicted octanol–water partition coefficient (Wildman–Crippen LogP) is 3.32. The number of hydrogen-bond acceptors (Lipinski definition) is 2. The molecule has 2 nitrogen and oxygen atoms in total. The van der Waals surface area contributed by atoms with Gasteiger partial charge in [0, 0.05) is 36.7 Å². The van der Waals surface area contributed by atoms with Crippen LogP contribution in [0.1, 0.15) is 12.5 Å². The van der Waals surface area contributed by atoms with Crippen LogP contribution in [0, 0.1) is 0 Å². The Morgan fingerprint density at radius 1 is 1.53 bits per heavy atom. The second-order valence-electron chi connectivity index (χ2n) is 4.34. The Morgan fingerprint density at radius 2 is 2.29 bits per heavy atom. The van der Waals surface area contributed by atoms with Crippen LogP contribution in [0.3, 0.4) is 0 Å². The lowest BCUT2D eigenvalue weighted by Gasteiger charge is -2.31. The van der Waals surface area contributed by atoms with Gasteiger partial charge in [-0.1, -0.05) is 17.7 Å². The monoisotopic (exact) mass is 338 g/mol. The van der Waals surface area contributed by atoms with Crippen molar-refractivity contribution in [1.29, 1.82) is 0 Å². The maximum absolute atomic E-state index is 5.98. The van der Waals surface area contributed by atoms with Crippen molar-refractivity contribution < 1.29 is 0 Å². The van der Waals surface area contributed by atoms with Gasteiger partial charge >= 0.3 is 0 Å². The molecule has 0 radical (unpaired) electrons. The zero-order valence-electron chi connectivity index (χ0n) is 9.75. The van der Waals surface area contributed by atoms with Crippen molar-refractivity contribution >= 4 is 39.9 Å². The van der Waals surface area contributed by atoms with E-state index in [2.05, 4.69) is 45.2 Å². The van der Waals surface area contributed by atoms with Gasteiger partial charge in [-0.25, -0.2) is 0 Å². The summed E-state index contributed by atoms with van der Waals surface area (Å²) in [4.78, 5) is 2.47. The molecule has 0 spiro atoms. The molecular formula is C12H17BrCl2N2. The molecule has 0 aliphatic carbocycles. The van der Waals surface area contributed by atoms with Crippen molar-refractivity contribution in [3.05, 3.63) is 33.3 Å². The minimum Gasteiger partial charge on any atom is -0.312 e. The molecule has 1 fully saturated rings. The minimum atomic E-state index is 0. The molecule has 0 amide bonds. The molecule has 0 saturated carbocycles. The minimum absolute atomic E-state index is 0. The van der Waals surface area contributed by atoms with Crippen molar-refractivity contribution in [2.75, 3.05) is 19.6 Å². The van der Waals surface area contributed by atoms with Crippen molar-refractivity contribution in [3.63, 3.8) is 0 Å². The van der Waals surface area contributed by atoms with Crippen LogP contribution in [0.15, 0.2) is 22.7 Å². The van der Waals surface area contributed by atoms with E-state index < -0.39 is 0 Å². The van der Waals surface area contributed by atoms with Gasteiger partial charge in [0.25, 0.3) is 0 Å². The van der Waals surface area contributed by atoms with Gasteiger partial charge in [-0.05, 0) is 40.5 Å². The van der Waals surface area contributed by atoms with Crippen LogP contribution in [-0.2, 0) is 6.54 Å². The second kappa shape index (κ2) is 6.95. The van der Waals surface area contributed by atoms with Gasteiger partial charge in [0.1, 0.15) is 0 Å². The van der Waals surface area contributed by atoms with Gasteiger partial charge in [-0.15, -0.1) is 12.4 Å². The molecule has 0 unspecified atom stereocenters. The number of benzene rings is 1. The molecule has 2 rings (SSSR count). The normalized spacial score (nSPS) is 21.0. The molecule has 5 heteroatoms. The van der Waals surface area contributed by atoms with Gasteiger partial charge < -0.3 is 5.32 Å². The molecule has 0 bridgehead atoms. The molecule has 1 aliphatic rings. The van der Waals surface area contributed by atoms with Crippen LogP contribution in [0.5, 0.6) is 0 Å². The zero-order chi connectivity index (χ0) is 11.5. The van der Waals surface area contributed by atoms with E-state index in [4.69, 9.17) is 11.6 Å². The molecule has 96 valence electrons. The molecule has 1 aromatic rings. The maximum atomic E-state index is 5.98. The van der Waals surface area contributed by atoms with Crippen molar-refractivity contribution in [2.24, 2.45) is 0 Å². The van der Waals surface area contributed by atoms with E-state index in [0.29, 0.717) is 6.04 Å². The predicted molar refractivity (Wildman–Crippen MR) is 79.1 cm³/mol. The van der Waals surface area contributed by atoms with Crippen LogP contribution in [0.2, 0.25) is 5.02 Å². The number of halogens is 3. The lowest BCUT2D eigenvalue weighted by Crippen LogP contribution is -2.48. The third kappa shape index (κ3) is 4.42. The lowest BCUT2D eigenvalue weighted by molar-refractivity contribution is 0.199. The first-order chi connectivity index (χ1) is 7.65. The molecule has 17 heavy (non-hydrogen) atoms. The summed E-state index contributed by atoms with van der Waals surface area (Å²) in [6.07, 6.45) is 0. The molecular weight excluding hydrogens is 323 g/mol. The molecule has 1 saturated heterocycles. The average molecular weight is 340 g/mol. The summed E-state index contributed by atoms with van der Waals surface area (Å²) >= 11 is 9.44. The van der Waals surface area contributed by atoms with Crippen LogP contribution < -0.4 is 5.32 Å². The second-order valence-corrected chi connectivity index (χ2v) is 5.60. The molecule has 1 aromatic carbocycles. The quantitative estimate of drug-likeness (QED) is 0.889. The van der Waals surface area contributed by atoms with E-state index in [-0.39, 0.29) is 12.4 Å². The first kappa shape index (κ1) is 15.3. The van der Waals surface area contributed by atoms with E-state index in [9.17, 15) is 0 Å². The van der Waals surface area contributed by atoms with E-state index in [1.54, 1.807) is 0 Å². The highest BCUT2D eigenvalue weighted by Gasteiger charge is 2.15. The fourth-order valence-electron chi connectivity index (χ4n) is 2.05. The Balaban J connectivity index is 0.00000144. The Kier molecular flexibility index (Phi) is 6.24. The SMILES string of the molecule is C[C@H]1CN(Cc2ccc(Cl)c(Br)c2)CCN1.Cl. The number of piperazine rings is 1. The number of nitrogens with one attached hydrogen (secondary N) is 1. The Labute approximate surface area is 122 Å². The maximum Gasteiger partial charge on any atom is 0.0548 e. The first-order valence-corrected chi connectivity index (χ1v) is 6.72. The van der Waals surface area contributed by atoms with Gasteiger partial charge in [0.05, 0.1) is 5.02 Å². The van der Waals surface area contributed by atoms with Gasteiger partial charge in [0.15, 0.2) is 0 Å². The fourth-order valence-corrected chi connectivity index (χ4v) is 2.60. The molecule has 0 aromatic heterocycles. The van der Waals surface area contributed by atoms with Crippen molar-refractivity contribution in [1.82, 2.24) is 10.2 Å². The van der Waals surface area contributed by atoms with Gasteiger partial charge in [-0.3, -0.25) is 4.90 Å². The lowest BCUT2D eigenvalue weighted by atomic mass is 10.1. The molecule has 1 atom stereocenters. The number of rotatable bonds is 2. The first-order valence-electron chi connectivity index (χ1n) is 5.55. The summed E-state index contributed by atoms with van der Waals surface area (Å²) in [5.41, 5.74) is 1.31. The Hall–Kier alpha value is 0.200. The molecule has 1 heterocycles. The van der Waals surface area contributed by atoms with Gasteiger partial charge in [-0.2, -0.15) is 0 Å². The summed E-state index contributed by atoms with van der Waals surface area (Å²) in [6.45, 7) is 6.53. The largest absolute Gasteiger partial charge is 0.312 e. The number of nitrogens with zero attached hydrogens (tertiary/aromatic N) is 1. The molecule has 1 N–H and O–H groups in total. The smallest absolute Gasteiger partial charge is 0.0548 e. The standard InChI is InChI=1S/C12H16BrClN2.ClH/c1-9-7-16(5-4-15-9)8-10-2-3-12(14)11(13)6-10;/h2-3,6,9,15H,4-5,7-8H2,1H3;1H/t9-;/m0./s1. The van der Waals surface area contributed by atoms with Crippen LogP contribution in [-0.4, -0.2) is 30.6 Å². The summed E-state index contributed by atoms with van der Waals surface area (Å²) in [5, 5.41) is 4.22. The van der Waals surface area contributed by atoms with Crippen molar-refractivity contribution in [3.8, 4) is 0 Å². The third-order valence-corrected chi connectivity index (χ3v) is 4.06. The summed E-state index contributed by atoms with van der Waals surface area (Å²) in [6, 6.07) is 6.74. The third-order valence-electron chi connectivity index (χ3n) is 2.84. The van der Waals surface area contributed by atoms with Crippen LogP contribution >= 0.6 is 39.9 Å². The fraction of sp³-hybridized carbons (Fsp3) is 0.500. The van der Waals surface area contributed by atoms with E-state index in [1.807, 2.05) is 6.07 Å². The summed E-state index contributed by atoms with van der Waals surface area (Å²) in [7, 11) is 0.